The maximum Gasteiger partial charge on any atom is 0.328 e. The third-order valence-corrected chi connectivity index (χ3v) is 6.10. The fourth-order valence-corrected chi connectivity index (χ4v) is 4.28. The minimum atomic E-state index is -3.80. The summed E-state index contributed by atoms with van der Waals surface area (Å²) in [6, 6.07) is 0.856. The van der Waals surface area contributed by atoms with E-state index in [9.17, 15) is 18.0 Å². The molecule has 122 valence electrons. The molecule has 1 aromatic heterocycles. The Balaban J connectivity index is 2.10. The van der Waals surface area contributed by atoms with Crippen LogP contribution in [0.4, 0.5) is 0 Å². The monoisotopic (exact) mass is 348 g/mol. The average molecular weight is 348 g/mol. The standard InChI is InChI=1S/C12H16N2O6S2/c1-8(13-22(18,19)10-3-2-6-21-10)11(15)14-4-5-20-7-9(14)12(16)17/h2-3,6,8-9,13H,4-5,7H2,1H3,(H,16,17). The number of rotatable bonds is 5. The Hall–Kier alpha value is -1.49. The number of nitrogens with zero attached hydrogens (tertiary/aromatic N) is 1. The number of sulfonamides is 1. The van der Waals surface area contributed by atoms with Crippen molar-refractivity contribution >= 4 is 33.2 Å². The molecule has 0 spiro atoms. The Kier molecular flexibility index (Phi) is 5.16. The second-order valence-corrected chi connectivity index (χ2v) is 7.62. The Bertz CT molecular complexity index is 643. The fraction of sp³-hybridized carbons (Fsp3) is 0.500. The van der Waals surface area contributed by atoms with E-state index in [-0.39, 0.29) is 24.0 Å². The molecule has 1 aromatic rings. The van der Waals surface area contributed by atoms with Crippen molar-refractivity contribution in [3.8, 4) is 0 Å². The van der Waals surface area contributed by atoms with E-state index in [4.69, 9.17) is 9.84 Å². The molecule has 1 amide bonds. The van der Waals surface area contributed by atoms with E-state index in [0.717, 1.165) is 16.2 Å². The third kappa shape index (κ3) is 3.64. The first-order valence-electron chi connectivity index (χ1n) is 6.50. The lowest BCUT2D eigenvalue weighted by Gasteiger charge is -2.34. The molecule has 2 N–H and O–H groups in total. The quantitative estimate of drug-likeness (QED) is 0.757. The third-order valence-electron chi connectivity index (χ3n) is 3.16. The van der Waals surface area contributed by atoms with Gasteiger partial charge in [0, 0.05) is 6.54 Å². The van der Waals surface area contributed by atoms with E-state index in [1.54, 1.807) is 11.4 Å². The van der Waals surface area contributed by atoms with Gasteiger partial charge in [0.25, 0.3) is 10.0 Å². The number of nitrogens with one attached hydrogen (secondary N) is 1. The first kappa shape index (κ1) is 16.9. The van der Waals surface area contributed by atoms with E-state index in [1.807, 2.05) is 0 Å². The largest absolute Gasteiger partial charge is 0.480 e. The molecule has 0 bridgehead atoms. The van der Waals surface area contributed by atoms with E-state index >= 15 is 0 Å². The first-order valence-corrected chi connectivity index (χ1v) is 8.86. The van der Waals surface area contributed by atoms with Crippen LogP contribution < -0.4 is 4.72 Å². The van der Waals surface area contributed by atoms with Crippen LogP contribution in [0.2, 0.25) is 0 Å². The van der Waals surface area contributed by atoms with Crippen LogP contribution in [0, 0.1) is 0 Å². The minimum Gasteiger partial charge on any atom is -0.480 e. The lowest BCUT2D eigenvalue weighted by atomic mass is 10.2. The molecule has 0 radical (unpaired) electrons. The summed E-state index contributed by atoms with van der Waals surface area (Å²) in [6.45, 7) is 1.62. The number of carbonyl (C=O) groups excluding carboxylic acids is 1. The van der Waals surface area contributed by atoms with Crippen LogP contribution in [0.1, 0.15) is 6.92 Å². The van der Waals surface area contributed by atoms with Crippen molar-refractivity contribution in [2.24, 2.45) is 0 Å². The van der Waals surface area contributed by atoms with Crippen LogP contribution >= 0.6 is 11.3 Å². The summed E-state index contributed by atoms with van der Waals surface area (Å²) in [5.74, 6) is -1.77. The summed E-state index contributed by atoms with van der Waals surface area (Å²) in [4.78, 5) is 24.6. The highest BCUT2D eigenvalue weighted by Gasteiger charge is 2.36. The van der Waals surface area contributed by atoms with Crippen LogP contribution in [0.15, 0.2) is 21.7 Å². The van der Waals surface area contributed by atoms with Crippen LogP contribution in [-0.4, -0.2) is 62.1 Å². The van der Waals surface area contributed by atoms with Gasteiger partial charge in [0.1, 0.15) is 4.21 Å². The smallest absolute Gasteiger partial charge is 0.328 e. The number of thiophene rings is 1. The summed E-state index contributed by atoms with van der Waals surface area (Å²) >= 11 is 1.04. The second kappa shape index (κ2) is 6.73. The van der Waals surface area contributed by atoms with E-state index in [2.05, 4.69) is 4.72 Å². The highest BCUT2D eigenvalue weighted by Crippen LogP contribution is 2.17. The number of ether oxygens (including phenoxy) is 1. The number of carboxylic acids is 1. The predicted molar refractivity (Wildman–Crippen MR) is 78.1 cm³/mol. The zero-order valence-electron chi connectivity index (χ0n) is 11.8. The molecule has 1 aliphatic rings. The number of hydrogen-bond donors (Lipinski definition) is 2. The molecule has 2 heterocycles. The topological polar surface area (TPSA) is 113 Å². The average Bonchev–Trinajstić information content (AvgIpc) is 3.01. The molecule has 2 atom stereocenters. The molecule has 2 rings (SSSR count). The molecular formula is C12H16N2O6S2. The number of aliphatic carboxylic acids is 1. The summed E-state index contributed by atoms with van der Waals surface area (Å²) < 4.78 is 31.6. The molecule has 2 unspecified atom stereocenters. The Morgan fingerprint density at radius 3 is 2.86 bits per heavy atom. The SMILES string of the molecule is CC(NS(=O)(=O)c1cccs1)C(=O)N1CCOCC1C(=O)O. The van der Waals surface area contributed by atoms with E-state index in [1.165, 1.54) is 13.0 Å². The van der Waals surface area contributed by atoms with E-state index < -0.39 is 34.0 Å². The number of amides is 1. The molecular weight excluding hydrogens is 332 g/mol. The first-order chi connectivity index (χ1) is 10.3. The number of morpholine rings is 1. The maximum absolute atomic E-state index is 12.3. The van der Waals surface area contributed by atoms with Gasteiger partial charge in [0.2, 0.25) is 5.91 Å². The molecule has 0 saturated carbocycles. The highest BCUT2D eigenvalue weighted by atomic mass is 32.2. The van der Waals surface area contributed by atoms with Gasteiger partial charge >= 0.3 is 5.97 Å². The number of carboxylic acid groups (broad SMARTS) is 1. The molecule has 1 fully saturated rings. The normalized spacial score (nSPS) is 20.6. The zero-order chi connectivity index (χ0) is 16.3. The van der Waals surface area contributed by atoms with Crippen molar-refractivity contribution in [3.63, 3.8) is 0 Å². The van der Waals surface area contributed by atoms with Gasteiger partial charge in [-0.2, -0.15) is 4.72 Å². The second-order valence-electron chi connectivity index (χ2n) is 4.74. The van der Waals surface area contributed by atoms with Gasteiger partial charge in [-0.05, 0) is 18.4 Å². The van der Waals surface area contributed by atoms with Gasteiger partial charge in [-0.15, -0.1) is 11.3 Å². The Morgan fingerprint density at radius 1 is 1.55 bits per heavy atom. The predicted octanol–water partition coefficient (Wildman–Crippen LogP) is -0.273. The lowest BCUT2D eigenvalue weighted by molar-refractivity contribution is -0.158. The Morgan fingerprint density at radius 2 is 2.27 bits per heavy atom. The minimum absolute atomic E-state index is 0.101. The van der Waals surface area contributed by atoms with Gasteiger partial charge in [0.15, 0.2) is 6.04 Å². The van der Waals surface area contributed by atoms with Crippen LogP contribution in [0.25, 0.3) is 0 Å². The summed E-state index contributed by atoms with van der Waals surface area (Å²) in [5, 5.41) is 10.7. The highest BCUT2D eigenvalue weighted by molar-refractivity contribution is 7.91. The molecule has 1 saturated heterocycles. The molecule has 10 heteroatoms. The van der Waals surface area contributed by atoms with Gasteiger partial charge < -0.3 is 14.7 Å². The zero-order valence-corrected chi connectivity index (χ0v) is 13.4. The summed E-state index contributed by atoms with van der Waals surface area (Å²) in [6.07, 6.45) is 0. The molecule has 22 heavy (non-hydrogen) atoms. The molecule has 1 aliphatic heterocycles. The lowest BCUT2D eigenvalue weighted by Crippen LogP contribution is -2.57. The molecule has 0 aliphatic carbocycles. The summed E-state index contributed by atoms with van der Waals surface area (Å²) in [7, 11) is -3.80. The van der Waals surface area contributed by atoms with Crippen LogP contribution in [-0.2, 0) is 24.3 Å². The van der Waals surface area contributed by atoms with Crippen LogP contribution in [0.3, 0.4) is 0 Å². The van der Waals surface area contributed by atoms with Crippen molar-refractivity contribution in [2.45, 2.75) is 23.2 Å². The van der Waals surface area contributed by atoms with Gasteiger partial charge in [-0.3, -0.25) is 4.79 Å². The fourth-order valence-electron chi connectivity index (χ4n) is 2.08. The number of carbonyl (C=O) groups is 2. The van der Waals surface area contributed by atoms with Crippen molar-refractivity contribution in [1.82, 2.24) is 9.62 Å². The van der Waals surface area contributed by atoms with Crippen molar-refractivity contribution < 1.29 is 27.9 Å². The molecule has 8 nitrogen and oxygen atoms in total. The molecule has 0 aromatic carbocycles. The summed E-state index contributed by atoms with van der Waals surface area (Å²) in [5.41, 5.74) is 0. The van der Waals surface area contributed by atoms with E-state index in [0.29, 0.717) is 0 Å². The van der Waals surface area contributed by atoms with Crippen molar-refractivity contribution in [3.05, 3.63) is 17.5 Å². The van der Waals surface area contributed by atoms with Crippen molar-refractivity contribution in [2.75, 3.05) is 19.8 Å². The van der Waals surface area contributed by atoms with Crippen LogP contribution in [0.5, 0.6) is 0 Å². The number of hydrogen-bond acceptors (Lipinski definition) is 6. The van der Waals surface area contributed by atoms with Crippen molar-refractivity contribution in [1.29, 1.82) is 0 Å². The van der Waals surface area contributed by atoms with Gasteiger partial charge in [-0.25, -0.2) is 13.2 Å². The van der Waals surface area contributed by atoms with Gasteiger partial charge in [0.05, 0.1) is 19.3 Å². The Labute approximate surface area is 131 Å². The van der Waals surface area contributed by atoms with Gasteiger partial charge in [-0.1, -0.05) is 6.07 Å². The maximum atomic E-state index is 12.3.